The van der Waals surface area contributed by atoms with Gasteiger partial charge in [-0.3, -0.25) is 9.69 Å². The van der Waals surface area contributed by atoms with Gasteiger partial charge in [-0.25, -0.2) is 0 Å². The van der Waals surface area contributed by atoms with Gasteiger partial charge in [-0.1, -0.05) is 23.7 Å². The van der Waals surface area contributed by atoms with Crippen LogP contribution in [0.25, 0.3) is 0 Å². The molecule has 0 saturated carbocycles. The summed E-state index contributed by atoms with van der Waals surface area (Å²) >= 11 is 5.87. The largest absolute Gasteiger partial charge is 0.392 e. The maximum absolute atomic E-state index is 12.3. The number of carbonyl (C=O) groups is 1. The van der Waals surface area contributed by atoms with Crippen LogP contribution >= 0.6 is 11.6 Å². The van der Waals surface area contributed by atoms with E-state index in [0.717, 1.165) is 18.5 Å². The first-order valence-corrected chi connectivity index (χ1v) is 7.26. The normalized spacial score (nSPS) is 20.9. The van der Waals surface area contributed by atoms with Crippen molar-refractivity contribution in [3.05, 3.63) is 34.9 Å². The first kappa shape index (κ1) is 15.3. The third-order valence-electron chi connectivity index (χ3n) is 3.93. The molecule has 4 nitrogen and oxygen atoms in total. The smallest absolute Gasteiger partial charge is 0.236 e. The molecule has 2 rings (SSSR count). The number of rotatable bonds is 4. The van der Waals surface area contributed by atoms with Gasteiger partial charge >= 0.3 is 0 Å². The number of aliphatic hydroxyl groups is 1. The Hall–Kier alpha value is -1.10. The molecule has 0 spiro atoms. The molecule has 2 atom stereocenters. The molecule has 0 radical (unpaired) electrons. The molecule has 1 aliphatic heterocycles. The fraction of sp³-hybridized carbons (Fsp3) is 0.533. The molecule has 1 aromatic carbocycles. The van der Waals surface area contributed by atoms with Crippen LogP contribution in [-0.2, 0) is 4.79 Å². The topological polar surface area (TPSA) is 43.8 Å². The average molecular weight is 297 g/mol. The number of hydrogen-bond acceptors (Lipinski definition) is 3. The predicted octanol–water partition coefficient (Wildman–Crippen LogP) is 1.93. The lowest BCUT2D eigenvalue weighted by atomic mass is 10.1. The van der Waals surface area contributed by atoms with E-state index in [4.69, 9.17) is 11.6 Å². The summed E-state index contributed by atoms with van der Waals surface area (Å²) in [5, 5.41) is 10.2. The highest BCUT2D eigenvalue weighted by atomic mass is 35.5. The van der Waals surface area contributed by atoms with Gasteiger partial charge in [0.05, 0.1) is 18.7 Å². The van der Waals surface area contributed by atoms with Gasteiger partial charge in [-0.15, -0.1) is 0 Å². The number of hydrogen-bond donors (Lipinski definition) is 1. The number of β-amino-alcohol motifs (C(OH)–C–C–N with tert-alkyl or cyclic N) is 1. The zero-order valence-corrected chi connectivity index (χ0v) is 12.7. The molecule has 1 saturated heterocycles. The van der Waals surface area contributed by atoms with Crippen LogP contribution in [0, 0.1) is 0 Å². The third-order valence-corrected chi connectivity index (χ3v) is 4.19. The third kappa shape index (κ3) is 3.72. The molecule has 1 fully saturated rings. The summed E-state index contributed by atoms with van der Waals surface area (Å²) in [5.41, 5.74) is 1.06. The van der Waals surface area contributed by atoms with E-state index in [1.54, 1.807) is 4.90 Å². The molecule has 1 aromatic rings. The number of nitrogens with zero attached hydrogens (tertiary/aromatic N) is 2. The van der Waals surface area contributed by atoms with E-state index in [1.807, 2.05) is 43.1 Å². The SMILES string of the molecule is CC(c1ccc(Cl)cc1)N(C)C(=O)CN1CC[C@H](O)C1. The van der Waals surface area contributed by atoms with E-state index in [-0.39, 0.29) is 18.1 Å². The van der Waals surface area contributed by atoms with Crippen molar-refractivity contribution in [1.29, 1.82) is 0 Å². The zero-order valence-electron chi connectivity index (χ0n) is 11.9. The second-order valence-electron chi connectivity index (χ2n) is 5.41. The van der Waals surface area contributed by atoms with Crippen LogP contribution in [0.15, 0.2) is 24.3 Å². The predicted molar refractivity (Wildman–Crippen MR) is 79.7 cm³/mol. The standard InChI is InChI=1S/C15H21ClN2O2/c1-11(12-3-5-13(16)6-4-12)17(2)15(20)10-18-8-7-14(19)9-18/h3-6,11,14,19H,7-10H2,1-2H3/t11?,14-/m0/s1. The molecule has 0 aromatic heterocycles. The van der Waals surface area contributed by atoms with E-state index >= 15 is 0 Å². The zero-order chi connectivity index (χ0) is 14.7. The Morgan fingerprint density at radius 1 is 1.50 bits per heavy atom. The molecule has 1 N–H and O–H groups in total. The fourth-order valence-electron chi connectivity index (χ4n) is 2.44. The molecule has 1 unspecified atom stereocenters. The van der Waals surface area contributed by atoms with Gasteiger partial charge in [0.25, 0.3) is 0 Å². The van der Waals surface area contributed by atoms with Gasteiger partial charge in [-0.2, -0.15) is 0 Å². The second-order valence-corrected chi connectivity index (χ2v) is 5.85. The van der Waals surface area contributed by atoms with Crippen LogP contribution in [0.2, 0.25) is 5.02 Å². The summed E-state index contributed by atoms with van der Waals surface area (Å²) in [5.74, 6) is 0.0709. The minimum atomic E-state index is -0.290. The molecule has 1 amide bonds. The molecule has 0 bridgehead atoms. The second kappa shape index (κ2) is 6.57. The van der Waals surface area contributed by atoms with E-state index in [1.165, 1.54) is 0 Å². The van der Waals surface area contributed by atoms with Gasteiger partial charge in [0.2, 0.25) is 5.91 Å². The lowest BCUT2D eigenvalue weighted by Gasteiger charge is -2.27. The minimum absolute atomic E-state index is 0.00675. The maximum Gasteiger partial charge on any atom is 0.236 e. The maximum atomic E-state index is 12.3. The Balaban J connectivity index is 1.93. The Morgan fingerprint density at radius 3 is 2.70 bits per heavy atom. The van der Waals surface area contributed by atoms with Crippen LogP contribution in [0.5, 0.6) is 0 Å². The van der Waals surface area contributed by atoms with Crippen LogP contribution in [0.4, 0.5) is 0 Å². The van der Waals surface area contributed by atoms with Crippen molar-refractivity contribution in [2.45, 2.75) is 25.5 Å². The number of benzene rings is 1. The van der Waals surface area contributed by atoms with E-state index in [2.05, 4.69) is 0 Å². The van der Waals surface area contributed by atoms with E-state index in [9.17, 15) is 9.90 Å². The summed E-state index contributed by atoms with van der Waals surface area (Å²) in [7, 11) is 1.81. The van der Waals surface area contributed by atoms with Crippen molar-refractivity contribution < 1.29 is 9.90 Å². The molecular weight excluding hydrogens is 276 g/mol. The van der Waals surface area contributed by atoms with Crippen LogP contribution in [0.1, 0.15) is 24.9 Å². The lowest BCUT2D eigenvalue weighted by Crippen LogP contribution is -2.38. The van der Waals surface area contributed by atoms with Crippen molar-refractivity contribution in [1.82, 2.24) is 9.80 Å². The van der Waals surface area contributed by atoms with Crippen LogP contribution in [0.3, 0.4) is 0 Å². The summed E-state index contributed by atoms with van der Waals surface area (Å²) in [4.78, 5) is 16.0. The molecule has 110 valence electrons. The fourth-order valence-corrected chi connectivity index (χ4v) is 2.57. The number of aliphatic hydroxyl groups excluding tert-OH is 1. The van der Waals surface area contributed by atoms with Gasteiger partial charge in [-0.05, 0) is 31.0 Å². The number of carbonyl (C=O) groups excluding carboxylic acids is 1. The summed E-state index contributed by atoms with van der Waals surface area (Å²) in [6.07, 6.45) is 0.464. The Bertz CT molecular complexity index is 463. The number of likely N-dealkylation sites (N-methyl/N-ethyl adjacent to an activating group) is 1. The highest BCUT2D eigenvalue weighted by Gasteiger charge is 2.25. The molecular formula is C15H21ClN2O2. The number of halogens is 1. The number of amides is 1. The van der Waals surface area contributed by atoms with Gasteiger partial charge in [0.1, 0.15) is 0 Å². The molecule has 5 heteroatoms. The first-order valence-electron chi connectivity index (χ1n) is 6.89. The summed E-state index contributed by atoms with van der Waals surface area (Å²) < 4.78 is 0. The van der Waals surface area contributed by atoms with Crippen molar-refractivity contribution in [3.8, 4) is 0 Å². The van der Waals surface area contributed by atoms with Gasteiger partial charge < -0.3 is 10.0 Å². The Morgan fingerprint density at radius 2 is 2.15 bits per heavy atom. The minimum Gasteiger partial charge on any atom is -0.392 e. The lowest BCUT2D eigenvalue weighted by molar-refractivity contribution is -0.132. The van der Waals surface area contributed by atoms with E-state index < -0.39 is 0 Å². The summed E-state index contributed by atoms with van der Waals surface area (Å²) in [6, 6.07) is 7.56. The Labute approximate surface area is 124 Å². The van der Waals surface area contributed by atoms with Crippen molar-refractivity contribution in [2.75, 3.05) is 26.7 Å². The molecule has 1 heterocycles. The first-order chi connectivity index (χ1) is 9.47. The quantitative estimate of drug-likeness (QED) is 0.923. The van der Waals surface area contributed by atoms with Crippen LogP contribution < -0.4 is 0 Å². The molecule has 0 aliphatic carbocycles. The van der Waals surface area contributed by atoms with Crippen molar-refractivity contribution in [3.63, 3.8) is 0 Å². The Kier molecular flexibility index (Phi) is 5.02. The van der Waals surface area contributed by atoms with Crippen LogP contribution in [-0.4, -0.2) is 53.6 Å². The van der Waals surface area contributed by atoms with Crippen molar-refractivity contribution >= 4 is 17.5 Å². The van der Waals surface area contributed by atoms with Gasteiger partial charge in [0, 0.05) is 25.2 Å². The molecule has 1 aliphatic rings. The average Bonchev–Trinajstić information content (AvgIpc) is 2.83. The molecule has 20 heavy (non-hydrogen) atoms. The highest BCUT2D eigenvalue weighted by Crippen LogP contribution is 2.21. The summed E-state index contributed by atoms with van der Waals surface area (Å²) in [6.45, 7) is 3.75. The van der Waals surface area contributed by atoms with Gasteiger partial charge in [0.15, 0.2) is 0 Å². The monoisotopic (exact) mass is 296 g/mol. The number of likely N-dealkylation sites (tertiary alicyclic amines) is 1. The van der Waals surface area contributed by atoms with E-state index in [0.29, 0.717) is 18.1 Å². The highest BCUT2D eigenvalue weighted by molar-refractivity contribution is 6.30. The van der Waals surface area contributed by atoms with Crippen molar-refractivity contribution in [2.24, 2.45) is 0 Å².